The molecule has 1 amide bonds. The van der Waals surface area contributed by atoms with Crippen LogP contribution in [-0.4, -0.2) is 50.1 Å². The fraction of sp³-hybridized carbons (Fsp3) is 0.364. The lowest BCUT2D eigenvalue weighted by Crippen LogP contribution is -2.36. The molecule has 1 atom stereocenters. The lowest BCUT2D eigenvalue weighted by molar-refractivity contribution is 0.0511. The number of hydrogen-bond acceptors (Lipinski definition) is 6. The SMILES string of the molecule is Cc1ccc2cc(CN(C[C@@H]3CCCO3)C(=O)c3cccs3)c3nnnn3c2c1C. The summed E-state index contributed by atoms with van der Waals surface area (Å²) in [6.45, 7) is 5.93. The van der Waals surface area contributed by atoms with E-state index in [1.807, 2.05) is 22.4 Å². The third-order valence-electron chi connectivity index (χ3n) is 5.86. The summed E-state index contributed by atoms with van der Waals surface area (Å²) >= 11 is 1.46. The molecular formula is C22H23N5O2S. The Balaban J connectivity index is 1.57. The molecule has 4 heterocycles. The maximum Gasteiger partial charge on any atom is 0.264 e. The molecular weight excluding hydrogens is 398 g/mol. The van der Waals surface area contributed by atoms with Crippen LogP contribution in [0.5, 0.6) is 0 Å². The number of pyridine rings is 1. The predicted octanol–water partition coefficient (Wildman–Crippen LogP) is 3.78. The highest BCUT2D eigenvalue weighted by molar-refractivity contribution is 7.12. The summed E-state index contributed by atoms with van der Waals surface area (Å²) in [5.74, 6) is 0.0197. The summed E-state index contributed by atoms with van der Waals surface area (Å²) in [5, 5.41) is 15.4. The minimum absolute atomic E-state index is 0.0197. The Morgan fingerprint density at radius 1 is 1.33 bits per heavy atom. The number of hydrogen-bond donors (Lipinski definition) is 0. The summed E-state index contributed by atoms with van der Waals surface area (Å²) in [7, 11) is 0. The summed E-state index contributed by atoms with van der Waals surface area (Å²) in [5.41, 5.74) is 4.97. The molecule has 7 nitrogen and oxygen atoms in total. The van der Waals surface area contributed by atoms with Crippen LogP contribution in [-0.2, 0) is 11.3 Å². The van der Waals surface area contributed by atoms with Gasteiger partial charge in [0.25, 0.3) is 5.91 Å². The third-order valence-corrected chi connectivity index (χ3v) is 6.72. The van der Waals surface area contributed by atoms with Gasteiger partial charge in [0.2, 0.25) is 0 Å². The van der Waals surface area contributed by atoms with E-state index in [9.17, 15) is 4.79 Å². The molecule has 5 rings (SSSR count). The van der Waals surface area contributed by atoms with Crippen molar-refractivity contribution >= 4 is 33.8 Å². The van der Waals surface area contributed by atoms with Crippen molar-refractivity contribution < 1.29 is 9.53 Å². The van der Waals surface area contributed by atoms with Gasteiger partial charge < -0.3 is 9.64 Å². The van der Waals surface area contributed by atoms with Crippen molar-refractivity contribution in [2.45, 2.75) is 39.3 Å². The predicted molar refractivity (Wildman–Crippen MR) is 116 cm³/mol. The third kappa shape index (κ3) is 3.36. The highest BCUT2D eigenvalue weighted by Crippen LogP contribution is 2.26. The number of carbonyl (C=O) groups is 1. The zero-order valence-electron chi connectivity index (χ0n) is 17.0. The van der Waals surface area contributed by atoms with Crippen LogP contribution in [0.15, 0.2) is 35.7 Å². The normalized spacial score (nSPS) is 16.5. The molecule has 0 N–H and O–H groups in total. The molecule has 1 aliphatic rings. The van der Waals surface area contributed by atoms with E-state index in [0.29, 0.717) is 18.7 Å². The maximum atomic E-state index is 13.3. The van der Waals surface area contributed by atoms with Crippen LogP contribution in [0.25, 0.3) is 16.6 Å². The molecule has 0 spiro atoms. The van der Waals surface area contributed by atoms with Gasteiger partial charge in [-0.2, -0.15) is 4.52 Å². The van der Waals surface area contributed by atoms with Crippen molar-refractivity contribution in [3.8, 4) is 0 Å². The number of benzene rings is 1. The molecule has 1 aliphatic heterocycles. The van der Waals surface area contributed by atoms with Crippen LogP contribution < -0.4 is 0 Å². The highest BCUT2D eigenvalue weighted by atomic mass is 32.1. The Morgan fingerprint density at radius 2 is 2.23 bits per heavy atom. The Hall–Kier alpha value is -2.84. The second-order valence-corrected chi connectivity index (χ2v) is 8.77. The van der Waals surface area contributed by atoms with Crippen LogP contribution in [0, 0.1) is 13.8 Å². The molecule has 0 bridgehead atoms. The van der Waals surface area contributed by atoms with Gasteiger partial charge in [-0.1, -0.05) is 18.2 Å². The molecule has 3 aromatic heterocycles. The number of aromatic nitrogens is 4. The zero-order valence-corrected chi connectivity index (χ0v) is 17.9. The van der Waals surface area contributed by atoms with Gasteiger partial charge in [-0.05, 0) is 65.8 Å². The molecule has 154 valence electrons. The number of rotatable bonds is 5. The largest absolute Gasteiger partial charge is 0.376 e. The number of thiophene rings is 1. The Labute approximate surface area is 178 Å². The average molecular weight is 422 g/mol. The van der Waals surface area contributed by atoms with Crippen molar-refractivity contribution in [2.24, 2.45) is 0 Å². The molecule has 0 aliphatic carbocycles. The lowest BCUT2D eigenvalue weighted by Gasteiger charge is -2.25. The minimum Gasteiger partial charge on any atom is -0.376 e. The number of carbonyl (C=O) groups excluding carboxylic acids is 1. The van der Waals surface area contributed by atoms with Gasteiger partial charge in [-0.3, -0.25) is 4.79 Å². The second-order valence-electron chi connectivity index (χ2n) is 7.83. The summed E-state index contributed by atoms with van der Waals surface area (Å²) in [6, 6.07) is 10.1. The minimum atomic E-state index is 0.0197. The number of tetrazole rings is 1. The lowest BCUT2D eigenvalue weighted by atomic mass is 10.0. The van der Waals surface area contributed by atoms with Crippen LogP contribution in [0.2, 0.25) is 0 Å². The van der Waals surface area contributed by atoms with Crippen molar-refractivity contribution in [3.63, 3.8) is 0 Å². The summed E-state index contributed by atoms with van der Waals surface area (Å²) < 4.78 is 7.62. The molecule has 1 aromatic carbocycles. The van der Waals surface area contributed by atoms with Gasteiger partial charge in [0.1, 0.15) is 0 Å². The molecule has 8 heteroatoms. The number of ether oxygens (including phenoxy) is 1. The quantitative estimate of drug-likeness (QED) is 0.490. The van der Waals surface area contributed by atoms with E-state index in [2.05, 4.69) is 47.6 Å². The fourth-order valence-corrected chi connectivity index (χ4v) is 4.83. The first-order valence-corrected chi connectivity index (χ1v) is 11.0. The van der Waals surface area contributed by atoms with Crippen LogP contribution in [0.4, 0.5) is 0 Å². The smallest absolute Gasteiger partial charge is 0.264 e. The summed E-state index contributed by atoms with van der Waals surface area (Å²) in [6.07, 6.45) is 2.09. The fourth-order valence-electron chi connectivity index (χ4n) is 4.14. The van der Waals surface area contributed by atoms with E-state index < -0.39 is 0 Å². The maximum absolute atomic E-state index is 13.3. The van der Waals surface area contributed by atoms with Gasteiger partial charge in [0.15, 0.2) is 5.65 Å². The molecule has 4 aromatic rings. The van der Waals surface area contributed by atoms with Gasteiger partial charge in [-0.25, -0.2) is 0 Å². The Morgan fingerprint density at radius 3 is 3.00 bits per heavy atom. The van der Waals surface area contributed by atoms with Gasteiger partial charge in [-0.15, -0.1) is 16.4 Å². The first-order chi connectivity index (χ1) is 14.6. The van der Waals surface area contributed by atoms with E-state index in [1.54, 1.807) is 4.52 Å². The van der Waals surface area contributed by atoms with Crippen molar-refractivity contribution in [1.82, 2.24) is 24.9 Å². The van der Waals surface area contributed by atoms with Crippen LogP contribution in [0.3, 0.4) is 0 Å². The molecule has 1 fully saturated rings. The van der Waals surface area contributed by atoms with E-state index in [-0.39, 0.29) is 12.0 Å². The monoisotopic (exact) mass is 421 g/mol. The Kier molecular flexibility index (Phi) is 4.96. The molecule has 30 heavy (non-hydrogen) atoms. The van der Waals surface area contributed by atoms with Gasteiger partial charge >= 0.3 is 0 Å². The first-order valence-electron chi connectivity index (χ1n) is 10.2. The molecule has 0 unspecified atom stereocenters. The zero-order chi connectivity index (χ0) is 20.7. The van der Waals surface area contributed by atoms with Crippen molar-refractivity contribution in [1.29, 1.82) is 0 Å². The van der Waals surface area contributed by atoms with Crippen molar-refractivity contribution in [3.05, 3.63) is 57.3 Å². The topological polar surface area (TPSA) is 72.6 Å². The molecule has 1 saturated heterocycles. The number of fused-ring (bicyclic) bond motifs is 3. The van der Waals surface area contributed by atoms with Crippen molar-refractivity contribution in [2.75, 3.05) is 13.2 Å². The average Bonchev–Trinajstić information content (AvgIpc) is 3.52. The van der Waals surface area contributed by atoms with E-state index in [1.165, 1.54) is 16.9 Å². The van der Waals surface area contributed by atoms with Gasteiger partial charge in [0, 0.05) is 30.6 Å². The van der Waals surface area contributed by atoms with E-state index in [0.717, 1.165) is 46.4 Å². The Bertz CT molecular complexity index is 1210. The standard InChI is InChI=1S/C22H23N5O2S/c1-14-7-8-16-11-17(21-23-24-25-27(21)20(16)15(14)2)12-26(13-18-5-3-9-29-18)22(28)19-6-4-10-30-19/h4,6-8,10-11,18H,3,5,9,12-13H2,1-2H3/t18-/m0/s1. The number of aryl methyl sites for hydroxylation is 2. The number of amides is 1. The molecule has 0 saturated carbocycles. The van der Waals surface area contributed by atoms with E-state index >= 15 is 0 Å². The second kappa shape index (κ2) is 7.77. The van der Waals surface area contributed by atoms with E-state index in [4.69, 9.17) is 4.74 Å². The first kappa shape index (κ1) is 19.1. The highest BCUT2D eigenvalue weighted by Gasteiger charge is 2.25. The van der Waals surface area contributed by atoms with Crippen LogP contribution >= 0.6 is 11.3 Å². The summed E-state index contributed by atoms with van der Waals surface area (Å²) in [4.78, 5) is 15.9. The molecule has 0 radical (unpaired) electrons. The van der Waals surface area contributed by atoms with Gasteiger partial charge in [0.05, 0.1) is 16.5 Å². The van der Waals surface area contributed by atoms with Crippen LogP contribution in [0.1, 0.15) is 39.2 Å². The number of nitrogens with zero attached hydrogens (tertiary/aromatic N) is 5.